The minimum atomic E-state index is -4.43. The second kappa shape index (κ2) is 8.77. The number of amides is 2. The molecule has 0 radical (unpaired) electrons. The van der Waals surface area contributed by atoms with Gasteiger partial charge in [-0.3, -0.25) is 9.59 Å². The lowest BCUT2D eigenvalue weighted by molar-refractivity contribution is -0.137. The number of hydrogen-bond acceptors (Lipinski definition) is 3. The first-order valence-corrected chi connectivity index (χ1v) is 8.48. The molecule has 0 atom stereocenters. The van der Waals surface area contributed by atoms with Crippen LogP contribution in [0.4, 0.5) is 18.9 Å². The molecular formula is C20H21F3N2O3. The fraction of sp³-hybridized carbons (Fsp3) is 0.300. The molecule has 2 amide bonds. The van der Waals surface area contributed by atoms with E-state index in [4.69, 9.17) is 4.74 Å². The number of ether oxygens (including phenoxy) is 1. The van der Waals surface area contributed by atoms with Crippen LogP contribution in [-0.2, 0) is 15.8 Å². The van der Waals surface area contributed by atoms with Crippen LogP contribution in [0, 0.1) is 13.8 Å². The van der Waals surface area contributed by atoms with Crippen LogP contribution >= 0.6 is 0 Å². The van der Waals surface area contributed by atoms with Crippen LogP contribution in [0.15, 0.2) is 42.5 Å². The number of benzene rings is 2. The molecule has 0 aliphatic carbocycles. The van der Waals surface area contributed by atoms with Gasteiger partial charge in [0, 0.05) is 12.7 Å². The zero-order chi connectivity index (χ0) is 20.9. The number of hydrogen-bond donors (Lipinski definition) is 1. The third-order valence-corrected chi connectivity index (χ3v) is 4.10. The Morgan fingerprint density at radius 1 is 1.04 bits per heavy atom. The Bertz CT molecular complexity index is 829. The second-order valence-electron chi connectivity index (χ2n) is 6.38. The summed E-state index contributed by atoms with van der Waals surface area (Å²) < 4.78 is 42.8. The van der Waals surface area contributed by atoms with Crippen molar-refractivity contribution in [3.8, 4) is 5.75 Å². The van der Waals surface area contributed by atoms with Crippen LogP contribution in [0.2, 0.25) is 0 Å². The lowest BCUT2D eigenvalue weighted by Gasteiger charge is -2.18. The number of rotatable bonds is 6. The van der Waals surface area contributed by atoms with Gasteiger partial charge in [-0.2, -0.15) is 13.2 Å². The highest BCUT2D eigenvalue weighted by molar-refractivity contribution is 5.95. The van der Waals surface area contributed by atoms with Crippen LogP contribution < -0.4 is 10.1 Å². The van der Waals surface area contributed by atoms with Gasteiger partial charge in [0.2, 0.25) is 5.91 Å². The van der Waals surface area contributed by atoms with Gasteiger partial charge in [-0.25, -0.2) is 0 Å². The largest absolute Gasteiger partial charge is 0.484 e. The molecule has 2 aromatic carbocycles. The molecule has 0 saturated carbocycles. The van der Waals surface area contributed by atoms with Gasteiger partial charge in [0.05, 0.1) is 12.1 Å². The Hall–Kier alpha value is -3.03. The maximum atomic E-state index is 12.5. The second-order valence-corrected chi connectivity index (χ2v) is 6.38. The van der Waals surface area contributed by atoms with Crippen molar-refractivity contribution < 1.29 is 27.5 Å². The van der Waals surface area contributed by atoms with Crippen molar-refractivity contribution in [2.75, 3.05) is 25.5 Å². The summed E-state index contributed by atoms with van der Waals surface area (Å²) in [5.74, 6) is -0.700. The monoisotopic (exact) mass is 394 g/mol. The van der Waals surface area contributed by atoms with Crippen molar-refractivity contribution in [1.82, 2.24) is 4.90 Å². The maximum Gasteiger partial charge on any atom is 0.416 e. The van der Waals surface area contributed by atoms with E-state index in [-0.39, 0.29) is 18.2 Å². The minimum Gasteiger partial charge on any atom is -0.484 e. The van der Waals surface area contributed by atoms with E-state index in [0.29, 0.717) is 5.69 Å². The van der Waals surface area contributed by atoms with Crippen molar-refractivity contribution in [3.05, 3.63) is 59.2 Å². The molecule has 8 heteroatoms. The summed E-state index contributed by atoms with van der Waals surface area (Å²) in [5.41, 5.74) is 1.72. The standard InChI is InChI=1S/C20H21F3N2O3/c1-13-5-4-6-14(2)19(13)24-17(26)11-25(3)18(27)12-28-16-9-7-15(8-10-16)20(21,22)23/h4-10H,11-12H2,1-3H3,(H,24,26). The summed E-state index contributed by atoms with van der Waals surface area (Å²) in [6.45, 7) is 3.17. The highest BCUT2D eigenvalue weighted by Gasteiger charge is 2.30. The molecule has 2 aromatic rings. The highest BCUT2D eigenvalue weighted by Crippen LogP contribution is 2.30. The highest BCUT2D eigenvalue weighted by atomic mass is 19.4. The fourth-order valence-corrected chi connectivity index (χ4v) is 2.49. The van der Waals surface area contributed by atoms with Crippen molar-refractivity contribution in [2.24, 2.45) is 0 Å². The predicted molar refractivity (Wildman–Crippen MR) is 99.1 cm³/mol. The average molecular weight is 394 g/mol. The molecule has 0 bridgehead atoms. The SMILES string of the molecule is Cc1cccc(C)c1NC(=O)CN(C)C(=O)COc1ccc(C(F)(F)F)cc1. The van der Waals surface area contributed by atoms with E-state index in [1.54, 1.807) is 0 Å². The molecule has 1 N–H and O–H groups in total. The third-order valence-electron chi connectivity index (χ3n) is 4.10. The van der Waals surface area contributed by atoms with Crippen molar-refractivity contribution >= 4 is 17.5 Å². The molecule has 28 heavy (non-hydrogen) atoms. The Morgan fingerprint density at radius 2 is 1.61 bits per heavy atom. The molecule has 0 aromatic heterocycles. The number of anilines is 1. The summed E-state index contributed by atoms with van der Waals surface area (Å²) >= 11 is 0. The first-order valence-electron chi connectivity index (χ1n) is 8.48. The molecule has 0 heterocycles. The van der Waals surface area contributed by atoms with E-state index in [1.165, 1.54) is 11.9 Å². The van der Waals surface area contributed by atoms with Gasteiger partial charge in [0.15, 0.2) is 6.61 Å². The zero-order valence-electron chi connectivity index (χ0n) is 15.8. The molecule has 0 aliphatic heterocycles. The van der Waals surface area contributed by atoms with Gasteiger partial charge in [-0.15, -0.1) is 0 Å². The van der Waals surface area contributed by atoms with Crippen LogP contribution in [-0.4, -0.2) is 36.9 Å². The van der Waals surface area contributed by atoms with E-state index in [2.05, 4.69) is 5.32 Å². The number of nitrogens with zero attached hydrogens (tertiary/aromatic N) is 1. The van der Waals surface area contributed by atoms with E-state index >= 15 is 0 Å². The Balaban J connectivity index is 1.86. The average Bonchev–Trinajstić information content (AvgIpc) is 2.62. The lowest BCUT2D eigenvalue weighted by atomic mass is 10.1. The first-order chi connectivity index (χ1) is 13.1. The van der Waals surface area contributed by atoms with Gasteiger partial charge < -0.3 is 15.0 Å². The topological polar surface area (TPSA) is 58.6 Å². The van der Waals surface area contributed by atoms with Gasteiger partial charge in [0.25, 0.3) is 5.91 Å². The van der Waals surface area contributed by atoms with E-state index in [9.17, 15) is 22.8 Å². The number of alkyl halides is 3. The molecule has 150 valence electrons. The van der Waals surface area contributed by atoms with Crippen LogP contribution in [0.25, 0.3) is 0 Å². The summed E-state index contributed by atoms with van der Waals surface area (Å²) in [7, 11) is 1.45. The van der Waals surface area contributed by atoms with Crippen LogP contribution in [0.3, 0.4) is 0 Å². The summed E-state index contributed by atoms with van der Waals surface area (Å²) in [6, 6.07) is 9.66. The zero-order valence-corrected chi connectivity index (χ0v) is 15.8. The first kappa shape index (κ1) is 21.3. The number of para-hydroxylation sites is 1. The Kier molecular flexibility index (Phi) is 6.66. The smallest absolute Gasteiger partial charge is 0.416 e. The number of aryl methyl sites for hydroxylation is 2. The molecule has 0 fully saturated rings. The molecule has 5 nitrogen and oxygen atoms in total. The van der Waals surface area contributed by atoms with Gasteiger partial charge in [0.1, 0.15) is 5.75 Å². The number of likely N-dealkylation sites (N-methyl/N-ethyl adjacent to an activating group) is 1. The molecule has 0 unspecified atom stereocenters. The molecule has 0 saturated heterocycles. The van der Waals surface area contributed by atoms with E-state index < -0.39 is 24.3 Å². The Labute approximate surface area is 161 Å². The molecule has 0 spiro atoms. The molecule has 2 rings (SSSR count). The molecule has 0 aliphatic rings. The lowest BCUT2D eigenvalue weighted by Crippen LogP contribution is -2.37. The summed E-state index contributed by atoms with van der Waals surface area (Å²) in [4.78, 5) is 25.5. The third kappa shape index (κ3) is 5.73. The minimum absolute atomic E-state index is 0.134. The maximum absolute atomic E-state index is 12.5. The van der Waals surface area contributed by atoms with Gasteiger partial charge in [-0.1, -0.05) is 18.2 Å². The molecular weight excluding hydrogens is 373 g/mol. The normalized spacial score (nSPS) is 11.1. The number of carbonyl (C=O) groups is 2. The number of carbonyl (C=O) groups excluding carboxylic acids is 2. The van der Waals surface area contributed by atoms with Crippen molar-refractivity contribution in [3.63, 3.8) is 0 Å². The van der Waals surface area contributed by atoms with Gasteiger partial charge >= 0.3 is 6.18 Å². The van der Waals surface area contributed by atoms with E-state index in [0.717, 1.165) is 35.4 Å². The van der Waals surface area contributed by atoms with Gasteiger partial charge in [-0.05, 0) is 49.2 Å². The quantitative estimate of drug-likeness (QED) is 0.811. The van der Waals surface area contributed by atoms with Crippen LogP contribution in [0.1, 0.15) is 16.7 Å². The van der Waals surface area contributed by atoms with Crippen molar-refractivity contribution in [1.29, 1.82) is 0 Å². The predicted octanol–water partition coefficient (Wildman–Crippen LogP) is 3.80. The Morgan fingerprint density at radius 3 is 2.14 bits per heavy atom. The van der Waals surface area contributed by atoms with Crippen LogP contribution in [0.5, 0.6) is 5.75 Å². The fourth-order valence-electron chi connectivity index (χ4n) is 2.49. The number of halogens is 3. The number of nitrogens with one attached hydrogen (secondary N) is 1. The summed E-state index contributed by atoms with van der Waals surface area (Å²) in [5, 5.41) is 2.78. The van der Waals surface area contributed by atoms with E-state index in [1.807, 2.05) is 32.0 Å². The summed E-state index contributed by atoms with van der Waals surface area (Å²) in [6.07, 6.45) is -4.43. The van der Waals surface area contributed by atoms with Crippen molar-refractivity contribution in [2.45, 2.75) is 20.0 Å².